The molecule has 4 heteroatoms. The second-order valence-electron chi connectivity index (χ2n) is 1.19. The van der Waals surface area contributed by atoms with Crippen LogP contribution in [0.4, 0.5) is 0 Å². The van der Waals surface area contributed by atoms with Gasteiger partial charge in [0.1, 0.15) is 6.04 Å². The molecule has 0 heterocycles. The van der Waals surface area contributed by atoms with Gasteiger partial charge in [0.15, 0.2) is 0 Å². The van der Waals surface area contributed by atoms with E-state index >= 15 is 0 Å². The lowest BCUT2D eigenvalue weighted by Crippen LogP contribution is -2.39. The molecule has 0 aromatic carbocycles. The first-order chi connectivity index (χ1) is 6.18. The highest BCUT2D eigenvalue weighted by Gasteiger charge is 2.04. The van der Waals surface area contributed by atoms with Crippen molar-refractivity contribution < 1.29 is 9.90 Å². The molecule has 0 fully saturated rings. The summed E-state index contributed by atoms with van der Waals surface area (Å²) in [6.07, 6.45) is 0. The number of carbonyl (C=O) groups is 1. The van der Waals surface area contributed by atoms with Gasteiger partial charge in [0.2, 0.25) is 5.91 Å². The van der Waals surface area contributed by atoms with E-state index in [9.17, 15) is 4.79 Å². The molecule has 0 aliphatic carbocycles. The predicted molar refractivity (Wildman–Crippen MR) is 58.3 cm³/mol. The summed E-state index contributed by atoms with van der Waals surface area (Å²) in [7, 11) is 0. The van der Waals surface area contributed by atoms with Gasteiger partial charge < -0.3 is 16.6 Å². The summed E-state index contributed by atoms with van der Waals surface area (Å²) < 4.78 is 0. The van der Waals surface area contributed by atoms with Crippen LogP contribution in [-0.2, 0) is 4.79 Å². The molecule has 0 aromatic heterocycles. The van der Waals surface area contributed by atoms with E-state index in [1.165, 1.54) is 0 Å². The van der Waals surface area contributed by atoms with Crippen molar-refractivity contribution in [3.8, 4) is 0 Å². The number of rotatable bonds is 2. The van der Waals surface area contributed by atoms with Crippen LogP contribution in [0.1, 0.15) is 41.5 Å². The monoisotopic (exact) mass is 194 g/mol. The predicted octanol–water partition coefficient (Wildman–Crippen LogP) is 0.870. The van der Waals surface area contributed by atoms with Crippen molar-refractivity contribution in [3.63, 3.8) is 0 Å². The van der Waals surface area contributed by atoms with Crippen LogP contribution in [0.5, 0.6) is 0 Å². The Bertz CT molecular complexity index is 78.0. The molecule has 13 heavy (non-hydrogen) atoms. The van der Waals surface area contributed by atoms with E-state index in [0.717, 1.165) is 0 Å². The van der Waals surface area contributed by atoms with Crippen LogP contribution in [-0.4, -0.2) is 23.7 Å². The lowest BCUT2D eigenvalue weighted by Gasteiger charge is -1.97. The molecule has 5 N–H and O–H groups in total. The van der Waals surface area contributed by atoms with Crippen molar-refractivity contribution in [1.82, 2.24) is 0 Å². The van der Waals surface area contributed by atoms with E-state index < -0.39 is 11.9 Å². The van der Waals surface area contributed by atoms with Crippen molar-refractivity contribution in [2.75, 3.05) is 6.61 Å². The van der Waals surface area contributed by atoms with Crippen molar-refractivity contribution in [2.45, 2.75) is 47.6 Å². The fourth-order valence-electron chi connectivity index (χ4n) is 0.0900. The first-order valence-corrected chi connectivity index (χ1v) is 4.84. The third-order valence-corrected chi connectivity index (χ3v) is 0.562. The number of nitrogens with two attached hydrogens (primary N) is 2. The molecule has 0 bridgehead atoms. The lowest BCUT2D eigenvalue weighted by molar-refractivity contribution is -0.120. The Morgan fingerprint density at radius 3 is 1.38 bits per heavy atom. The number of hydrogen-bond donors (Lipinski definition) is 3. The number of carbonyl (C=O) groups excluding carboxylic acids is 1. The largest absolute Gasteiger partial charge is 0.394 e. The zero-order valence-corrected chi connectivity index (χ0v) is 9.79. The van der Waals surface area contributed by atoms with Gasteiger partial charge in [-0.25, -0.2) is 0 Å². The molecular weight excluding hydrogens is 168 g/mol. The van der Waals surface area contributed by atoms with Crippen molar-refractivity contribution in [3.05, 3.63) is 0 Å². The number of aliphatic hydroxyl groups excluding tert-OH is 1. The molecule has 0 rings (SSSR count). The van der Waals surface area contributed by atoms with Gasteiger partial charge >= 0.3 is 0 Å². The second kappa shape index (κ2) is 30.1. The molecule has 0 aromatic rings. The number of primary amides is 1. The highest BCUT2D eigenvalue weighted by atomic mass is 16.3. The summed E-state index contributed by atoms with van der Waals surface area (Å²) in [5.41, 5.74) is 9.51. The van der Waals surface area contributed by atoms with E-state index in [1.54, 1.807) is 0 Å². The zero-order valence-electron chi connectivity index (χ0n) is 9.79. The van der Waals surface area contributed by atoms with E-state index in [2.05, 4.69) is 5.73 Å². The van der Waals surface area contributed by atoms with Gasteiger partial charge in [-0.3, -0.25) is 4.79 Å². The maximum absolute atomic E-state index is 9.87. The summed E-state index contributed by atoms with van der Waals surface area (Å²) in [6, 6.07) is -0.903. The Balaban J connectivity index is -0.0000000573. The Morgan fingerprint density at radius 2 is 1.38 bits per heavy atom. The minimum absolute atomic E-state index is 0.380. The molecule has 84 valence electrons. The summed E-state index contributed by atoms with van der Waals surface area (Å²) in [5, 5.41) is 8.08. The maximum atomic E-state index is 9.87. The quantitative estimate of drug-likeness (QED) is 0.609. The minimum Gasteiger partial charge on any atom is -0.394 e. The van der Waals surface area contributed by atoms with Gasteiger partial charge in [0, 0.05) is 0 Å². The average Bonchev–Trinajstić information content (AvgIpc) is 2.25. The van der Waals surface area contributed by atoms with E-state index in [1.807, 2.05) is 41.5 Å². The summed E-state index contributed by atoms with van der Waals surface area (Å²) in [5.74, 6) is -0.678. The van der Waals surface area contributed by atoms with Crippen molar-refractivity contribution in [1.29, 1.82) is 0 Å². The third kappa shape index (κ3) is 34.6. The molecule has 0 saturated carbocycles. The van der Waals surface area contributed by atoms with Crippen LogP contribution >= 0.6 is 0 Å². The Kier molecular flexibility index (Phi) is 52.9. The smallest absolute Gasteiger partial charge is 0.236 e. The first-order valence-electron chi connectivity index (χ1n) is 4.84. The number of amides is 1. The fourth-order valence-corrected chi connectivity index (χ4v) is 0.0900. The highest BCUT2D eigenvalue weighted by Crippen LogP contribution is 1.67. The summed E-state index contributed by atoms with van der Waals surface area (Å²) in [4.78, 5) is 9.87. The van der Waals surface area contributed by atoms with Crippen molar-refractivity contribution >= 4 is 5.91 Å². The van der Waals surface area contributed by atoms with Gasteiger partial charge in [0.05, 0.1) is 6.61 Å². The molecule has 0 saturated heterocycles. The van der Waals surface area contributed by atoms with Gasteiger partial charge in [-0.1, -0.05) is 41.5 Å². The number of aliphatic hydroxyl groups is 1. The van der Waals surface area contributed by atoms with Crippen LogP contribution in [0.3, 0.4) is 0 Å². The highest BCUT2D eigenvalue weighted by molar-refractivity contribution is 5.79. The van der Waals surface area contributed by atoms with Crippen LogP contribution in [0.2, 0.25) is 0 Å². The third-order valence-electron chi connectivity index (χ3n) is 0.562. The van der Waals surface area contributed by atoms with E-state index in [-0.39, 0.29) is 6.61 Å². The van der Waals surface area contributed by atoms with Crippen LogP contribution in [0, 0.1) is 0 Å². The Morgan fingerprint density at radius 1 is 1.15 bits per heavy atom. The van der Waals surface area contributed by atoms with E-state index in [4.69, 9.17) is 10.8 Å². The Hall–Kier alpha value is -0.610. The molecule has 0 radical (unpaired) electrons. The fraction of sp³-hybridized carbons (Fsp3) is 0.889. The SMILES string of the molecule is CC.CC.CC.NC(=O)C(N)CO. The average molecular weight is 194 g/mol. The van der Waals surface area contributed by atoms with E-state index in [0.29, 0.717) is 0 Å². The molecule has 0 spiro atoms. The molecule has 1 unspecified atom stereocenters. The molecule has 1 atom stereocenters. The van der Waals surface area contributed by atoms with Gasteiger partial charge in [0.25, 0.3) is 0 Å². The van der Waals surface area contributed by atoms with Crippen LogP contribution in [0.25, 0.3) is 0 Å². The molecule has 0 aliphatic rings. The minimum atomic E-state index is -0.903. The van der Waals surface area contributed by atoms with Gasteiger partial charge in [-0.2, -0.15) is 0 Å². The standard InChI is InChI=1S/C3H8N2O2.3C2H6/c4-2(1-6)3(5)7;3*1-2/h2,6H,1,4H2,(H2,5,7);3*1-2H3. The normalized spacial score (nSPS) is 8.62. The molecular formula is C9H26N2O2. The van der Waals surface area contributed by atoms with Crippen LogP contribution < -0.4 is 11.5 Å². The number of hydrogen-bond acceptors (Lipinski definition) is 3. The van der Waals surface area contributed by atoms with Crippen molar-refractivity contribution in [2.24, 2.45) is 11.5 Å². The first kappa shape index (κ1) is 22.8. The zero-order chi connectivity index (χ0) is 11.9. The topological polar surface area (TPSA) is 89.3 Å². The summed E-state index contributed by atoms with van der Waals surface area (Å²) >= 11 is 0. The maximum Gasteiger partial charge on any atom is 0.236 e. The Labute approximate surface area is 82.3 Å². The lowest BCUT2D eigenvalue weighted by atomic mass is 10.3. The molecule has 1 amide bonds. The second-order valence-corrected chi connectivity index (χ2v) is 1.19. The van der Waals surface area contributed by atoms with Gasteiger partial charge in [-0.15, -0.1) is 0 Å². The molecule has 4 nitrogen and oxygen atoms in total. The summed E-state index contributed by atoms with van der Waals surface area (Å²) in [6.45, 7) is 11.6. The van der Waals surface area contributed by atoms with Crippen LogP contribution in [0.15, 0.2) is 0 Å². The van der Waals surface area contributed by atoms with Gasteiger partial charge in [-0.05, 0) is 0 Å². The molecule has 0 aliphatic heterocycles.